The van der Waals surface area contributed by atoms with E-state index in [1.54, 1.807) is 12.1 Å². The number of thiocarbonyl (C=S) groups is 1. The standard InChI is InChI=1S/C27H39N3O4S2/c1-19-7-8-22(15-20(19)2)16-23(18-34-25(31)27(3,4)5)17-29-26(35)28-14-13-21-9-11-24(12-10-21)30-36(6,32)33/h7-12,15,23,30H,13-14,16-18H2,1-6H3,(H2,28,29,35). The fourth-order valence-corrected chi connectivity index (χ4v) is 4.19. The number of carbonyl (C=O) groups excluding carboxylic acids is 1. The molecular weight excluding hydrogens is 494 g/mol. The second-order valence-electron chi connectivity index (χ2n) is 10.3. The van der Waals surface area contributed by atoms with Crippen LogP contribution in [-0.4, -0.2) is 45.5 Å². The number of nitrogens with one attached hydrogen (secondary N) is 3. The van der Waals surface area contributed by atoms with Crippen molar-refractivity contribution in [2.45, 2.75) is 47.5 Å². The average molecular weight is 534 g/mol. The number of sulfonamides is 1. The number of hydrogen-bond donors (Lipinski definition) is 3. The van der Waals surface area contributed by atoms with Gasteiger partial charge in [0.15, 0.2) is 5.11 Å². The zero-order valence-corrected chi connectivity index (χ0v) is 23.7. The highest BCUT2D eigenvalue weighted by molar-refractivity contribution is 7.92. The van der Waals surface area contributed by atoms with Crippen LogP contribution in [-0.2, 0) is 32.4 Å². The van der Waals surface area contributed by atoms with E-state index in [0.29, 0.717) is 30.5 Å². The lowest BCUT2D eigenvalue weighted by atomic mass is 9.96. The van der Waals surface area contributed by atoms with Crippen LogP contribution in [0.25, 0.3) is 0 Å². The molecule has 1 unspecified atom stereocenters. The van der Waals surface area contributed by atoms with Crippen LogP contribution in [0.3, 0.4) is 0 Å². The van der Waals surface area contributed by atoms with Crippen LogP contribution >= 0.6 is 12.2 Å². The quantitative estimate of drug-likeness (QED) is 0.295. The monoisotopic (exact) mass is 533 g/mol. The minimum atomic E-state index is -3.29. The largest absolute Gasteiger partial charge is 0.465 e. The van der Waals surface area contributed by atoms with Crippen LogP contribution < -0.4 is 15.4 Å². The van der Waals surface area contributed by atoms with Crippen molar-refractivity contribution in [1.82, 2.24) is 10.6 Å². The van der Waals surface area contributed by atoms with Crippen molar-refractivity contribution in [3.63, 3.8) is 0 Å². The van der Waals surface area contributed by atoms with Crippen molar-refractivity contribution in [2.75, 3.05) is 30.7 Å². The molecule has 198 valence electrons. The summed E-state index contributed by atoms with van der Waals surface area (Å²) in [5.41, 5.74) is 4.74. The molecule has 0 amide bonds. The molecule has 0 bridgehead atoms. The van der Waals surface area contributed by atoms with Crippen molar-refractivity contribution in [2.24, 2.45) is 11.3 Å². The van der Waals surface area contributed by atoms with E-state index in [0.717, 1.165) is 24.7 Å². The molecule has 0 aliphatic heterocycles. The molecule has 0 aliphatic rings. The van der Waals surface area contributed by atoms with Crippen LogP contribution in [0.2, 0.25) is 0 Å². The summed E-state index contributed by atoms with van der Waals surface area (Å²) >= 11 is 5.46. The predicted octanol–water partition coefficient (Wildman–Crippen LogP) is 4.13. The van der Waals surface area contributed by atoms with Crippen molar-refractivity contribution in [3.8, 4) is 0 Å². The molecule has 1 atom stereocenters. The van der Waals surface area contributed by atoms with Gasteiger partial charge in [0.1, 0.15) is 0 Å². The van der Waals surface area contributed by atoms with Gasteiger partial charge in [-0.25, -0.2) is 8.42 Å². The van der Waals surface area contributed by atoms with E-state index in [1.807, 2.05) is 32.9 Å². The van der Waals surface area contributed by atoms with Crippen LogP contribution in [0.1, 0.15) is 43.0 Å². The van der Waals surface area contributed by atoms with Gasteiger partial charge in [-0.3, -0.25) is 9.52 Å². The Hall–Kier alpha value is -2.65. The number of esters is 1. The summed E-state index contributed by atoms with van der Waals surface area (Å²) in [6, 6.07) is 13.7. The van der Waals surface area contributed by atoms with E-state index in [9.17, 15) is 13.2 Å². The van der Waals surface area contributed by atoms with Crippen LogP contribution in [0.15, 0.2) is 42.5 Å². The minimum absolute atomic E-state index is 0.0630. The zero-order valence-electron chi connectivity index (χ0n) is 22.1. The summed E-state index contributed by atoms with van der Waals surface area (Å²) in [4.78, 5) is 12.3. The number of aryl methyl sites for hydroxylation is 2. The number of anilines is 1. The van der Waals surface area contributed by atoms with Gasteiger partial charge in [0.05, 0.1) is 18.3 Å². The molecule has 0 radical (unpaired) electrons. The Morgan fingerprint density at radius 3 is 2.22 bits per heavy atom. The summed E-state index contributed by atoms with van der Waals surface area (Å²) in [7, 11) is -3.29. The predicted molar refractivity (Wildman–Crippen MR) is 151 cm³/mol. The fraction of sp³-hybridized carbons (Fsp3) is 0.481. The zero-order chi connectivity index (χ0) is 26.9. The van der Waals surface area contributed by atoms with Crippen molar-refractivity contribution in [3.05, 3.63) is 64.7 Å². The lowest BCUT2D eigenvalue weighted by Gasteiger charge is -2.22. The van der Waals surface area contributed by atoms with Gasteiger partial charge in [-0.15, -0.1) is 0 Å². The SMILES string of the molecule is Cc1ccc(CC(CNC(=S)NCCc2ccc(NS(C)(=O)=O)cc2)COC(=O)C(C)(C)C)cc1C. The number of benzene rings is 2. The van der Waals surface area contributed by atoms with Gasteiger partial charge in [-0.05, 0) is 94.1 Å². The third-order valence-corrected chi connectivity index (χ3v) is 6.56. The first-order valence-corrected chi connectivity index (χ1v) is 14.3. The first-order chi connectivity index (χ1) is 16.7. The Balaban J connectivity index is 1.87. The maximum absolute atomic E-state index is 12.3. The molecule has 2 rings (SSSR count). The molecule has 7 nitrogen and oxygen atoms in total. The third kappa shape index (κ3) is 11.0. The second kappa shape index (κ2) is 13.1. The highest BCUT2D eigenvalue weighted by Crippen LogP contribution is 2.18. The van der Waals surface area contributed by atoms with Gasteiger partial charge in [0, 0.05) is 24.7 Å². The molecule has 9 heteroatoms. The fourth-order valence-electron chi connectivity index (χ4n) is 3.44. The Morgan fingerprint density at radius 2 is 1.64 bits per heavy atom. The molecule has 0 fully saturated rings. The lowest BCUT2D eigenvalue weighted by Crippen LogP contribution is -2.40. The topological polar surface area (TPSA) is 96.5 Å². The Bertz CT molecular complexity index is 1140. The highest BCUT2D eigenvalue weighted by Gasteiger charge is 2.24. The van der Waals surface area contributed by atoms with Gasteiger partial charge in [0.25, 0.3) is 0 Å². The van der Waals surface area contributed by atoms with E-state index in [2.05, 4.69) is 47.4 Å². The maximum Gasteiger partial charge on any atom is 0.311 e. The average Bonchev–Trinajstić information content (AvgIpc) is 2.77. The summed E-state index contributed by atoms with van der Waals surface area (Å²) in [6.07, 6.45) is 2.62. The van der Waals surface area contributed by atoms with E-state index in [1.165, 1.54) is 16.7 Å². The number of rotatable bonds is 11. The van der Waals surface area contributed by atoms with Gasteiger partial charge in [0.2, 0.25) is 10.0 Å². The first-order valence-electron chi connectivity index (χ1n) is 12.0. The number of carbonyl (C=O) groups is 1. The molecule has 3 N–H and O–H groups in total. The van der Waals surface area contributed by atoms with Crippen LogP contribution in [0, 0.1) is 25.2 Å². The van der Waals surface area contributed by atoms with Gasteiger partial charge >= 0.3 is 5.97 Å². The molecule has 0 saturated carbocycles. The number of ether oxygens (including phenoxy) is 1. The molecule has 36 heavy (non-hydrogen) atoms. The molecular formula is C27H39N3O4S2. The Labute approximate surface area is 221 Å². The first kappa shape index (κ1) is 29.6. The lowest BCUT2D eigenvalue weighted by molar-refractivity contribution is -0.154. The molecule has 2 aromatic carbocycles. The van der Waals surface area contributed by atoms with E-state index in [-0.39, 0.29) is 11.9 Å². The van der Waals surface area contributed by atoms with Gasteiger partial charge in [-0.2, -0.15) is 0 Å². The Morgan fingerprint density at radius 1 is 1.00 bits per heavy atom. The van der Waals surface area contributed by atoms with Crippen LogP contribution in [0.4, 0.5) is 5.69 Å². The Kier molecular flexibility index (Phi) is 10.7. The summed E-state index contributed by atoms with van der Waals surface area (Å²) in [5, 5.41) is 7.01. The maximum atomic E-state index is 12.3. The minimum Gasteiger partial charge on any atom is -0.465 e. The third-order valence-electron chi connectivity index (χ3n) is 5.67. The van der Waals surface area contributed by atoms with E-state index >= 15 is 0 Å². The summed E-state index contributed by atoms with van der Waals surface area (Å²) < 4.78 is 30.7. The molecule has 0 aromatic heterocycles. The number of hydrogen-bond acceptors (Lipinski definition) is 5. The smallest absolute Gasteiger partial charge is 0.311 e. The normalized spacial score (nSPS) is 12.5. The van der Waals surface area contributed by atoms with Crippen LogP contribution in [0.5, 0.6) is 0 Å². The van der Waals surface area contributed by atoms with E-state index < -0.39 is 15.4 Å². The molecule has 0 spiro atoms. The highest BCUT2D eigenvalue weighted by atomic mass is 32.2. The van der Waals surface area contributed by atoms with Crippen molar-refractivity contribution in [1.29, 1.82) is 0 Å². The molecule has 0 aliphatic carbocycles. The molecule has 2 aromatic rings. The van der Waals surface area contributed by atoms with Gasteiger partial charge < -0.3 is 15.4 Å². The van der Waals surface area contributed by atoms with Crippen molar-refractivity contribution < 1.29 is 17.9 Å². The second-order valence-corrected chi connectivity index (χ2v) is 12.5. The van der Waals surface area contributed by atoms with Gasteiger partial charge in [-0.1, -0.05) is 30.3 Å². The van der Waals surface area contributed by atoms with E-state index in [4.69, 9.17) is 17.0 Å². The molecule has 0 heterocycles. The molecule has 0 saturated heterocycles. The summed E-state index contributed by atoms with van der Waals surface area (Å²) in [5.74, 6) is -0.154. The summed E-state index contributed by atoms with van der Waals surface area (Å²) in [6.45, 7) is 11.2. The van der Waals surface area contributed by atoms with Crippen molar-refractivity contribution >= 4 is 39.0 Å².